The minimum absolute atomic E-state index is 0.0718. The van der Waals surface area contributed by atoms with Crippen LogP contribution >= 0.6 is 11.8 Å². The number of hydrogen-bond acceptors (Lipinski definition) is 3. The van der Waals surface area contributed by atoms with Crippen molar-refractivity contribution >= 4 is 23.6 Å². The van der Waals surface area contributed by atoms with Crippen molar-refractivity contribution in [1.29, 1.82) is 0 Å². The van der Waals surface area contributed by atoms with E-state index in [0.29, 0.717) is 25.1 Å². The lowest BCUT2D eigenvalue weighted by Gasteiger charge is -2.30. The highest BCUT2D eigenvalue weighted by atomic mass is 32.2. The molecule has 2 amide bonds. The molecule has 1 N–H and O–H groups in total. The molecule has 0 saturated carbocycles. The van der Waals surface area contributed by atoms with Crippen molar-refractivity contribution < 1.29 is 14.0 Å². The molecule has 162 valence electrons. The number of carbonyl (C=O) groups excluding carboxylic acids is 2. The number of amides is 2. The molecule has 2 rings (SSSR count). The van der Waals surface area contributed by atoms with Crippen molar-refractivity contribution in [2.45, 2.75) is 57.5 Å². The molecule has 1 atom stereocenters. The zero-order valence-corrected chi connectivity index (χ0v) is 18.8. The Morgan fingerprint density at radius 3 is 2.33 bits per heavy atom. The minimum Gasteiger partial charge on any atom is -0.354 e. The van der Waals surface area contributed by atoms with E-state index >= 15 is 0 Å². The van der Waals surface area contributed by atoms with E-state index in [2.05, 4.69) is 17.4 Å². The summed E-state index contributed by atoms with van der Waals surface area (Å²) in [7, 11) is 0. The molecule has 0 aromatic heterocycles. The standard InChI is InChI=1S/C24H31FN2O2S/c1-4-15-26-24(29)22(5-2)27(17-19-8-10-20(25)11-9-19)23(28)14-16-30-21-12-6-18(3)7-13-21/h6-13,22H,4-5,14-17H2,1-3H3,(H,26,29)/t22-/m1/s1. The van der Waals surface area contributed by atoms with Gasteiger partial charge in [-0.1, -0.05) is 43.7 Å². The lowest BCUT2D eigenvalue weighted by atomic mass is 10.1. The van der Waals surface area contributed by atoms with E-state index in [4.69, 9.17) is 0 Å². The van der Waals surface area contributed by atoms with E-state index in [0.717, 1.165) is 16.9 Å². The molecule has 4 nitrogen and oxygen atoms in total. The quantitative estimate of drug-likeness (QED) is 0.513. The summed E-state index contributed by atoms with van der Waals surface area (Å²) < 4.78 is 13.3. The SMILES string of the molecule is CCCNC(=O)[C@@H](CC)N(Cc1ccc(F)cc1)C(=O)CCSc1ccc(C)cc1. The number of benzene rings is 2. The Labute approximate surface area is 183 Å². The van der Waals surface area contributed by atoms with Crippen molar-refractivity contribution in [1.82, 2.24) is 10.2 Å². The predicted octanol–water partition coefficient (Wildman–Crippen LogP) is 4.95. The highest BCUT2D eigenvalue weighted by Crippen LogP contribution is 2.21. The summed E-state index contributed by atoms with van der Waals surface area (Å²) >= 11 is 1.63. The predicted molar refractivity (Wildman–Crippen MR) is 121 cm³/mol. The number of thioether (sulfide) groups is 1. The Balaban J connectivity index is 2.09. The van der Waals surface area contributed by atoms with Crippen LogP contribution in [0.2, 0.25) is 0 Å². The first-order valence-corrected chi connectivity index (χ1v) is 11.4. The molecule has 0 saturated heterocycles. The van der Waals surface area contributed by atoms with Crippen molar-refractivity contribution in [2.24, 2.45) is 0 Å². The van der Waals surface area contributed by atoms with Crippen molar-refractivity contribution in [3.63, 3.8) is 0 Å². The molecular formula is C24H31FN2O2S. The average Bonchev–Trinajstić information content (AvgIpc) is 2.74. The summed E-state index contributed by atoms with van der Waals surface area (Å²) in [5, 5.41) is 2.90. The Morgan fingerprint density at radius 1 is 1.07 bits per heavy atom. The molecule has 6 heteroatoms. The fourth-order valence-corrected chi connectivity index (χ4v) is 3.95. The molecule has 0 unspecified atom stereocenters. The third-order valence-electron chi connectivity index (χ3n) is 4.81. The fourth-order valence-electron chi connectivity index (χ4n) is 3.11. The third kappa shape index (κ3) is 7.48. The summed E-state index contributed by atoms with van der Waals surface area (Å²) in [5.74, 6) is 0.103. The number of hydrogen-bond donors (Lipinski definition) is 1. The molecule has 2 aromatic carbocycles. The second kappa shape index (κ2) is 12.4. The monoisotopic (exact) mass is 430 g/mol. The van der Waals surface area contributed by atoms with Crippen molar-refractivity contribution in [3.8, 4) is 0 Å². The lowest BCUT2D eigenvalue weighted by molar-refractivity contribution is -0.141. The van der Waals surface area contributed by atoms with Gasteiger partial charge in [-0.05, 0) is 49.6 Å². The van der Waals surface area contributed by atoms with E-state index in [-0.39, 0.29) is 24.2 Å². The summed E-state index contributed by atoms with van der Waals surface area (Å²) in [5.41, 5.74) is 2.00. The Hall–Kier alpha value is -2.34. The second-order valence-electron chi connectivity index (χ2n) is 7.27. The zero-order valence-electron chi connectivity index (χ0n) is 18.0. The normalized spacial score (nSPS) is 11.7. The van der Waals surface area contributed by atoms with Crippen LogP contribution in [0.15, 0.2) is 53.4 Å². The van der Waals surface area contributed by atoms with Gasteiger partial charge in [0.2, 0.25) is 11.8 Å². The summed E-state index contributed by atoms with van der Waals surface area (Å²) in [4.78, 5) is 28.5. The molecule has 0 radical (unpaired) electrons. The lowest BCUT2D eigenvalue weighted by Crippen LogP contribution is -2.49. The van der Waals surface area contributed by atoms with Gasteiger partial charge in [-0.25, -0.2) is 4.39 Å². The average molecular weight is 431 g/mol. The van der Waals surface area contributed by atoms with Gasteiger partial charge in [0.25, 0.3) is 0 Å². The minimum atomic E-state index is -0.543. The first kappa shape index (κ1) is 23.9. The molecule has 0 aliphatic rings. The van der Waals surface area contributed by atoms with Crippen LogP contribution in [0.4, 0.5) is 4.39 Å². The molecule has 30 heavy (non-hydrogen) atoms. The number of halogens is 1. The zero-order chi connectivity index (χ0) is 21.9. The van der Waals surface area contributed by atoms with Gasteiger partial charge < -0.3 is 10.2 Å². The Morgan fingerprint density at radius 2 is 1.73 bits per heavy atom. The van der Waals surface area contributed by atoms with Crippen LogP contribution < -0.4 is 5.32 Å². The Bertz CT molecular complexity index is 809. The maximum Gasteiger partial charge on any atom is 0.242 e. The van der Waals surface area contributed by atoms with Crippen LogP contribution in [-0.4, -0.2) is 35.1 Å². The van der Waals surface area contributed by atoms with Crippen molar-refractivity contribution in [3.05, 3.63) is 65.5 Å². The Kier molecular flexibility index (Phi) is 9.87. The van der Waals surface area contributed by atoms with Crippen LogP contribution in [0.25, 0.3) is 0 Å². The van der Waals surface area contributed by atoms with Gasteiger partial charge >= 0.3 is 0 Å². The molecular weight excluding hydrogens is 399 g/mol. The van der Waals surface area contributed by atoms with Gasteiger partial charge in [0.05, 0.1) is 0 Å². The smallest absolute Gasteiger partial charge is 0.242 e. The summed E-state index contributed by atoms with van der Waals surface area (Å²) in [6.45, 7) is 6.80. The topological polar surface area (TPSA) is 49.4 Å². The van der Waals surface area contributed by atoms with Gasteiger partial charge in [0.15, 0.2) is 0 Å². The maximum absolute atomic E-state index is 13.3. The van der Waals surface area contributed by atoms with E-state index in [9.17, 15) is 14.0 Å². The molecule has 0 aliphatic heterocycles. The highest BCUT2D eigenvalue weighted by molar-refractivity contribution is 7.99. The van der Waals surface area contributed by atoms with Gasteiger partial charge in [-0.2, -0.15) is 0 Å². The van der Waals surface area contributed by atoms with E-state index in [1.165, 1.54) is 17.7 Å². The van der Waals surface area contributed by atoms with Crippen LogP contribution in [-0.2, 0) is 16.1 Å². The van der Waals surface area contributed by atoms with E-state index in [1.807, 2.05) is 32.9 Å². The number of nitrogens with zero attached hydrogens (tertiary/aromatic N) is 1. The summed E-state index contributed by atoms with van der Waals surface area (Å²) in [6, 6.07) is 13.7. The van der Waals surface area contributed by atoms with Gasteiger partial charge in [0, 0.05) is 30.2 Å². The van der Waals surface area contributed by atoms with Crippen LogP contribution in [0.3, 0.4) is 0 Å². The number of nitrogens with one attached hydrogen (secondary N) is 1. The second-order valence-corrected chi connectivity index (χ2v) is 8.44. The number of aryl methyl sites for hydroxylation is 1. The highest BCUT2D eigenvalue weighted by Gasteiger charge is 2.28. The van der Waals surface area contributed by atoms with E-state index < -0.39 is 6.04 Å². The number of rotatable bonds is 11. The first-order valence-electron chi connectivity index (χ1n) is 10.5. The molecule has 0 aliphatic carbocycles. The van der Waals surface area contributed by atoms with Crippen molar-refractivity contribution in [2.75, 3.05) is 12.3 Å². The molecule has 0 bridgehead atoms. The molecule has 2 aromatic rings. The molecule has 0 fully saturated rings. The molecule has 0 heterocycles. The van der Waals surface area contributed by atoms with Crippen LogP contribution in [0, 0.1) is 12.7 Å². The van der Waals surface area contributed by atoms with Gasteiger partial charge in [-0.3, -0.25) is 9.59 Å². The largest absolute Gasteiger partial charge is 0.354 e. The number of carbonyl (C=O) groups is 2. The third-order valence-corrected chi connectivity index (χ3v) is 5.82. The molecule has 0 spiro atoms. The fraction of sp³-hybridized carbons (Fsp3) is 0.417. The first-order chi connectivity index (χ1) is 14.4. The summed E-state index contributed by atoms with van der Waals surface area (Å²) in [6.07, 6.45) is 1.69. The van der Waals surface area contributed by atoms with Crippen LogP contribution in [0.1, 0.15) is 44.2 Å². The van der Waals surface area contributed by atoms with E-state index in [1.54, 1.807) is 28.8 Å². The van der Waals surface area contributed by atoms with Gasteiger partial charge in [-0.15, -0.1) is 11.8 Å². The maximum atomic E-state index is 13.3. The van der Waals surface area contributed by atoms with Gasteiger partial charge in [0.1, 0.15) is 11.9 Å². The van der Waals surface area contributed by atoms with Crippen LogP contribution in [0.5, 0.6) is 0 Å².